The van der Waals surface area contributed by atoms with E-state index in [-0.39, 0.29) is 17.6 Å². The van der Waals surface area contributed by atoms with E-state index in [2.05, 4.69) is 24.0 Å². The molecule has 34 heavy (non-hydrogen) atoms. The molecule has 0 saturated heterocycles. The van der Waals surface area contributed by atoms with Crippen molar-refractivity contribution in [3.63, 3.8) is 0 Å². The zero-order chi connectivity index (χ0) is 24.3. The fourth-order valence-corrected chi connectivity index (χ4v) is 4.28. The molecule has 0 saturated carbocycles. The van der Waals surface area contributed by atoms with Crippen LogP contribution in [-0.4, -0.2) is 32.7 Å². The Kier molecular flexibility index (Phi) is 10.2. The maximum absolute atomic E-state index is 12.6. The molecule has 1 unspecified atom stereocenters. The van der Waals surface area contributed by atoms with Crippen molar-refractivity contribution in [2.24, 2.45) is 0 Å². The van der Waals surface area contributed by atoms with Crippen molar-refractivity contribution in [3.05, 3.63) is 47.0 Å². The summed E-state index contributed by atoms with van der Waals surface area (Å²) in [7, 11) is 0. The first-order valence-corrected chi connectivity index (χ1v) is 12.9. The van der Waals surface area contributed by atoms with Gasteiger partial charge < -0.3 is 9.84 Å². The topological polar surface area (TPSA) is 77.2 Å². The fourth-order valence-electron chi connectivity index (χ4n) is 4.12. The summed E-state index contributed by atoms with van der Waals surface area (Å²) in [6.07, 6.45) is 10.2. The molecule has 1 aromatic heterocycles. The Morgan fingerprint density at radius 2 is 1.71 bits per heavy atom. The maximum atomic E-state index is 12.6. The summed E-state index contributed by atoms with van der Waals surface area (Å²) in [6, 6.07) is 10.7. The highest BCUT2D eigenvalue weighted by Gasteiger charge is 2.19. The van der Waals surface area contributed by atoms with Crippen LogP contribution in [0.5, 0.6) is 5.75 Å². The number of aromatic nitrogens is 3. The quantitative estimate of drug-likeness (QED) is 0.191. The highest BCUT2D eigenvalue weighted by molar-refractivity contribution is 6.31. The van der Waals surface area contributed by atoms with Crippen LogP contribution in [-0.2, 0) is 9.53 Å². The van der Waals surface area contributed by atoms with Crippen molar-refractivity contribution in [1.29, 1.82) is 0 Å². The van der Waals surface area contributed by atoms with Crippen LogP contribution in [0.2, 0.25) is 5.02 Å². The average Bonchev–Trinajstić information content (AvgIpc) is 3.24. The van der Waals surface area contributed by atoms with Crippen molar-refractivity contribution >= 4 is 28.6 Å². The lowest BCUT2D eigenvalue weighted by molar-refractivity contribution is -0.144. The number of phenols is 1. The minimum Gasteiger partial charge on any atom is -0.506 e. The molecule has 184 valence electrons. The lowest BCUT2D eigenvalue weighted by Gasteiger charge is -2.18. The monoisotopic (exact) mass is 485 g/mol. The Labute approximate surface area is 207 Å². The molecule has 6 nitrogen and oxygen atoms in total. The fraction of sp³-hybridized carbons (Fsp3) is 0.519. The van der Waals surface area contributed by atoms with Crippen molar-refractivity contribution in [1.82, 2.24) is 15.0 Å². The van der Waals surface area contributed by atoms with Crippen LogP contribution in [0.4, 0.5) is 0 Å². The number of hydrogen-bond acceptors (Lipinski definition) is 5. The van der Waals surface area contributed by atoms with Crippen molar-refractivity contribution in [2.45, 2.75) is 84.0 Å². The van der Waals surface area contributed by atoms with E-state index in [4.69, 9.17) is 16.3 Å². The van der Waals surface area contributed by atoms with E-state index in [9.17, 15) is 9.90 Å². The molecule has 0 aliphatic carbocycles. The Bertz CT molecular complexity index is 1070. The third-order valence-electron chi connectivity index (χ3n) is 6.11. The van der Waals surface area contributed by atoms with E-state index in [0.717, 1.165) is 37.7 Å². The van der Waals surface area contributed by atoms with E-state index in [1.165, 1.54) is 30.5 Å². The number of benzene rings is 2. The number of halogens is 1. The number of carbonyl (C=O) groups is 1. The van der Waals surface area contributed by atoms with Gasteiger partial charge in [-0.1, -0.05) is 76.5 Å². The Balaban J connectivity index is 1.69. The van der Waals surface area contributed by atoms with Crippen LogP contribution in [0.25, 0.3) is 16.7 Å². The summed E-state index contributed by atoms with van der Waals surface area (Å²) in [6.45, 7) is 4.83. The van der Waals surface area contributed by atoms with E-state index >= 15 is 0 Å². The van der Waals surface area contributed by atoms with E-state index in [1.807, 2.05) is 12.1 Å². The molecule has 0 aliphatic heterocycles. The van der Waals surface area contributed by atoms with Crippen molar-refractivity contribution in [2.75, 3.05) is 6.61 Å². The molecule has 0 amide bonds. The molecule has 0 bridgehead atoms. The first-order chi connectivity index (χ1) is 16.5. The predicted molar refractivity (Wildman–Crippen MR) is 137 cm³/mol. The van der Waals surface area contributed by atoms with Gasteiger partial charge in [0.15, 0.2) is 0 Å². The molecule has 7 heteroatoms. The Morgan fingerprint density at radius 3 is 2.50 bits per heavy atom. The number of rotatable bonds is 14. The van der Waals surface area contributed by atoms with Crippen LogP contribution in [0.3, 0.4) is 0 Å². The minimum atomic E-state index is -0.165. The maximum Gasteiger partial charge on any atom is 0.306 e. The summed E-state index contributed by atoms with van der Waals surface area (Å²) >= 11 is 6.07. The van der Waals surface area contributed by atoms with Crippen LogP contribution in [0.1, 0.15) is 89.5 Å². The number of hydrogen-bond donors (Lipinski definition) is 1. The number of carbonyl (C=O) groups excluding carboxylic acids is 1. The molecule has 1 heterocycles. The first kappa shape index (κ1) is 26.0. The molecule has 0 spiro atoms. The molecule has 0 radical (unpaired) electrons. The molecular formula is C27H36ClN3O3. The van der Waals surface area contributed by atoms with E-state index in [1.54, 1.807) is 24.3 Å². The largest absolute Gasteiger partial charge is 0.506 e. The smallest absolute Gasteiger partial charge is 0.306 e. The third-order valence-corrected chi connectivity index (χ3v) is 6.34. The van der Waals surface area contributed by atoms with Gasteiger partial charge >= 0.3 is 5.97 Å². The number of nitrogens with zero attached hydrogens (tertiary/aromatic N) is 3. The number of fused-ring (bicyclic) bond motifs is 1. The summed E-state index contributed by atoms with van der Waals surface area (Å²) in [5.74, 6) is -0.0762. The SMILES string of the molecule is CCCCCCCCOC(=O)CC(CCCC)c1ccc(O)c(-n2nc3ccc(Cl)cc3n2)c1. The molecule has 1 atom stereocenters. The van der Waals surface area contributed by atoms with Crippen molar-refractivity contribution < 1.29 is 14.6 Å². The number of aromatic hydroxyl groups is 1. The van der Waals surface area contributed by atoms with Gasteiger partial charge in [0, 0.05) is 5.02 Å². The third kappa shape index (κ3) is 7.45. The zero-order valence-corrected chi connectivity index (χ0v) is 21.1. The Hall–Kier alpha value is -2.60. The molecule has 3 aromatic rings. The van der Waals surface area contributed by atoms with Gasteiger partial charge in [-0.25, -0.2) is 0 Å². The second-order valence-corrected chi connectivity index (χ2v) is 9.34. The van der Waals surface area contributed by atoms with Crippen molar-refractivity contribution in [3.8, 4) is 11.4 Å². The van der Waals surface area contributed by atoms with Gasteiger partial charge in [0.1, 0.15) is 22.5 Å². The predicted octanol–water partition coefficient (Wildman–Crippen LogP) is 7.35. The molecule has 0 aliphatic rings. The number of phenolic OH excluding ortho intramolecular Hbond substituents is 1. The average molecular weight is 486 g/mol. The lowest BCUT2D eigenvalue weighted by atomic mass is 9.90. The normalized spacial score (nSPS) is 12.2. The van der Waals surface area contributed by atoms with Gasteiger partial charge in [-0.3, -0.25) is 4.79 Å². The molecule has 3 rings (SSSR count). The number of esters is 1. The molecule has 0 fully saturated rings. The standard InChI is InChI=1S/C27H36ClN3O3/c1-3-5-7-8-9-10-16-34-27(33)18-20(11-6-4-2)21-12-15-26(32)25(17-21)31-29-23-14-13-22(28)19-24(23)30-31/h12-15,17,19-20,32H,3-11,16,18H2,1-2H3. The number of ether oxygens (including phenoxy) is 1. The van der Waals surface area contributed by atoms with Gasteiger partial charge in [0.2, 0.25) is 0 Å². The molecule has 2 aromatic carbocycles. The molecule has 1 N–H and O–H groups in total. The van der Waals surface area contributed by atoms with Crippen LogP contribution in [0.15, 0.2) is 36.4 Å². The van der Waals surface area contributed by atoms with Gasteiger partial charge in [-0.05, 0) is 54.7 Å². The summed E-state index contributed by atoms with van der Waals surface area (Å²) in [5, 5.41) is 20.0. The second-order valence-electron chi connectivity index (χ2n) is 8.90. The summed E-state index contributed by atoms with van der Waals surface area (Å²) in [4.78, 5) is 14.0. The summed E-state index contributed by atoms with van der Waals surface area (Å²) in [5.41, 5.74) is 2.79. The van der Waals surface area contributed by atoms with Gasteiger partial charge in [-0.15, -0.1) is 15.0 Å². The highest BCUT2D eigenvalue weighted by atomic mass is 35.5. The first-order valence-electron chi connectivity index (χ1n) is 12.5. The minimum absolute atomic E-state index is 0.00998. The van der Waals surface area contributed by atoms with Crippen LogP contribution in [0, 0.1) is 0 Å². The lowest BCUT2D eigenvalue weighted by Crippen LogP contribution is -2.12. The highest BCUT2D eigenvalue weighted by Crippen LogP contribution is 2.32. The second kappa shape index (κ2) is 13.3. The van der Waals surface area contributed by atoms with Crippen LogP contribution >= 0.6 is 11.6 Å². The molecular weight excluding hydrogens is 450 g/mol. The van der Waals surface area contributed by atoms with E-state index in [0.29, 0.717) is 34.8 Å². The Morgan fingerprint density at radius 1 is 0.971 bits per heavy atom. The van der Waals surface area contributed by atoms with E-state index < -0.39 is 0 Å². The van der Waals surface area contributed by atoms with Gasteiger partial charge in [0.05, 0.1) is 13.0 Å². The zero-order valence-electron chi connectivity index (χ0n) is 20.3. The van der Waals surface area contributed by atoms with Crippen LogP contribution < -0.4 is 0 Å². The summed E-state index contributed by atoms with van der Waals surface area (Å²) < 4.78 is 5.54. The van der Waals surface area contributed by atoms with Gasteiger partial charge in [0.25, 0.3) is 0 Å². The number of unbranched alkanes of at least 4 members (excludes halogenated alkanes) is 6. The van der Waals surface area contributed by atoms with Gasteiger partial charge in [-0.2, -0.15) is 0 Å².